The number of allylic oxidation sites excluding steroid dienone is 3. The topological polar surface area (TPSA) is 112 Å². The smallest absolute Gasteiger partial charge is 0.161 e. The fourth-order valence-electron chi connectivity index (χ4n) is 4.23. The van der Waals surface area contributed by atoms with E-state index in [9.17, 15) is 15.3 Å². The predicted molar refractivity (Wildman–Crippen MR) is 107 cm³/mol. The second-order valence-electron chi connectivity index (χ2n) is 7.25. The molecule has 144 valence electrons. The van der Waals surface area contributed by atoms with Crippen LogP contribution in [0.15, 0.2) is 53.1 Å². The largest absolute Gasteiger partial charge is 0.384 e. The Hall–Kier alpha value is -3.84. The molecule has 2 heterocycles. The number of Topliss-reactive ketones (excluding diaryl/α,β-unsaturated/α-hetero) is 1. The Labute approximate surface area is 168 Å². The van der Waals surface area contributed by atoms with E-state index in [0.717, 1.165) is 17.0 Å². The minimum Gasteiger partial charge on any atom is -0.384 e. The van der Waals surface area contributed by atoms with E-state index in [1.807, 2.05) is 20.0 Å². The predicted octanol–water partition coefficient (Wildman–Crippen LogP) is 2.90. The van der Waals surface area contributed by atoms with E-state index in [1.54, 1.807) is 34.0 Å². The number of ketones is 1. The van der Waals surface area contributed by atoms with Crippen LogP contribution in [-0.4, -0.2) is 15.6 Å². The first kappa shape index (κ1) is 18.5. The molecule has 0 spiro atoms. The van der Waals surface area contributed by atoms with Gasteiger partial charge in [0.2, 0.25) is 0 Å². The third-order valence-electron chi connectivity index (χ3n) is 5.76. The van der Waals surface area contributed by atoms with E-state index >= 15 is 0 Å². The fourth-order valence-corrected chi connectivity index (χ4v) is 4.23. The van der Waals surface area contributed by atoms with Crippen molar-refractivity contribution in [2.75, 3.05) is 4.90 Å². The van der Waals surface area contributed by atoms with Crippen molar-refractivity contribution < 1.29 is 4.79 Å². The summed E-state index contributed by atoms with van der Waals surface area (Å²) in [5.74, 6) is -0.266. The van der Waals surface area contributed by atoms with Gasteiger partial charge in [-0.3, -0.25) is 14.4 Å². The zero-order valence-corrected chi connectivity index (χ0v) is 16.3. The number of hydrogen-bond donors (Lipinski definition) is 1. The highest BCUT2D eigenvalue weighted by Gasteiger charge is 2.41. The number of aryl methyl sites for hydroxylation is 1. The maximum absolute atomic E-state index is 13.1. The van der Waals surface area contributed by atoms with Gasteiger partial charge >= 0.3 is 0 Å². The molecule has 1 atom stereocenters. The number of carbonyl (C=O) groups is 1. The molecule has 0 fully saturated rings. The molecule has 0 unspecified atom stereocenters. The van der Waals surface area contributed by atoms with E-state index in [0.29, 0.717) is 41.7 Å². The van der Waals surface area contributed by atoms with Crippen LogP contribution >= 0.6 is 0 Å². The summed E-state index contributed by atoms with van der Waals surface area (Å²) in [7, 11) is 1.83. The molecule has 1 aromatic heterocycles. The highest BCUT2D eigenvalue weighted by Crippen LogP contribution is 2.47. The van der Waals surface area contributed by atoms with Gasteiger partial charge in [0.25, 0.3) is 0 Å². The number of rotatable bonds is 2. The molecule has 29 heavy (non-hydrogen) atoms. The lowest BCUT2D eigenvalue weighted by molar-refractivity contribution is -0.116. The molecule has 1 aliphatic heterocycles. The molecule has 1 aromatic carbocycles. The third-order valence-corrected chi connectivity index (χ3v) is 5.76. The number of hydrogen-bond acceptors (Lipinski definition) is 6. The van der Waals surface area contributed by atoms with Gasteiger partial charge in [0.05, 0.1) is 35.0 Å². The molecular formula is C22H20N6O. The van der Waals surface area contributed by atoms with Crippen molar-refractivity contribution >= 4 is 11.5 Å². The fraction of sp³-hybridized carbons (Fsp3) is 0.273. The standard InChI is InChI=1S/C22H20N6O/c1-13-16(12-26-27(13)2)20-15(11-24)22(25)28(17-7-4-3-6-14(17)10-23)18-8-5-9-19(29)21(18)20/h3-4,6-7,12,20H,5,8-9,25H2,1-2H3/t20-/m1/s1. The van der Waals surface area contributed by atoms with Gasteiger partial charge in [-0.15, -0.1) is 0 Å². The quantitative estimate of drug-likeness (QED) is 0.852. The van der Waals surface area contributed by atoms with E-state index in [-0.39, 0.29) is 11.6 Å². The van der Waals surface area contributed by atoms with E-state index < -0.39 is 5.92 Å². The van der Waals surface area contributed by atoms with Crippen molar-refractivity contribution in [3.05, 3.63) is 69.9 Å². The second kappa shape index (κ2) is 6.96. The van der Waals surface area contributed by atoms with Gasteiger partial charge in [-0.25, -0.2) is 0 Å². The Morgan fingerprint density at radius 3 is 2.62 bits per heavy atom. The minimum absolute atomic E-state index is 0.0131. The van der Waals surface area contributed by atoms with Crippen molar-refractivity contribution in [1.82, 2.24) is 9.78 Å². The average molecular weight is 384 g/mol. The summed E-state index contributed by atoms with van der Waals surface area (Å²) in [5, 5.41) is 23.9. The Balaban J connectivity index is 2.03. The average Bonchev–Trinajstić information content (AvgIpc) is 3.05. The number of nitrogens with zero attached hydrogens (tertiary/aromatic N) is 5. The van der Waals surface area contributed by atoms with Crippen LogP contribution in [0.3, 0.4) is 0 Å². The van der Waals surface area contributed by atoms with Gasteiger partial charge in [-0.2, -0.15) is 15.6 Å². The first-order chi connectivity index (χ1) is 14.0. The summed E-state index contributed by atoms with van der Waals surface area (Å²) in [6, 6.07) is 11.5. The molecule has 0 amide bonds. The molecule has 0 saturated carbocycles. The van der Waals surface area contributed by atoms with Gasteiger partial charge in [0.1, 0.15) is 11.9 Å². The van der Waals surface area contributed by atoms with Crippen molar-refractivity contribution in [2.24, 2.45) is 12.8 Å². The van der Waals surface area contributed by atoms with E-state index in [2.05, 4.69) is 17.2 Å². The lowest BCUT2D eigenvalue weighted by atomic mass is 9.75. The zero-order chi connectivity index (χ0) is 20.7. The lowest BCUT2D eigenvalue weighted by Crippen LogP contribution is -2.39. The molecular weight excluding hydrogens is 364 g/mol. The highest BCUT2D eigenvalue weighted by atomic mass is 16.1. The molecule has 4 rings (SSSR count). The molecule has 1 aliphatic carbocycles. The summed E-state index contributed by atoms with van der Waals surface area (Å²) in [5.41, 5.74) is 10.9. The number of aromatic nitrogens is 2. The van der Waals surface area contributed by atoms with E-state index in [4.69, 9.17) is 5.73 Å². The Morgan fingerprint density at radius 2 is 1.97 bits per heavy atom. The molecule has 0 saturated heterocycles. The van der Waals surface area contributed by atoms with Crippen LogP contribution in [0.1, 0.15) is 42.0 Å². The number of nitriles is 2. The molecule has 2 aromatic rings. The van der Waals surface area contributed by atoms with Gasteiger partial charge in [0, 0.05) is 36.0 Å². The maximum atomic E-state index is 13.1. The Morgan fingerprint density at radius 1 is 1.21 bits per heavy atom. The lowest BCUT2D eigenvalue weighted by Gasteiger charge is -2.39. The molecule has 0 bridgehead atoms. The summed E-state index contributed by atoms with van der Waals surface area (Å²) >= 11 is 0. The Kier molecular flexibility index (Phi) is 4.44. The van der Waals surface area contributed by atoms with Crippen LogP contribution in [0.25, 0.3) is 0 Å². The van der Waals surface area contributed by atoms with E-state index in [1.165, 1.54) is 0 Å². The van der Waals surface area contributed by atoms with Crippen molar-refractivity contribution in [3.63, 3.8) is 0 Å². The molecule has 2 N–H and O–H groups in total. The van der Waals surface area contributed by atoms with Crippen LogP contribution in [0.4, 0.5) is 5.69 Å². The second-order valence-corrected chi connectivity index (χ2v) is 7.25. The summed E-state index contributed by atoms with van der Waals surface area (Å²) in [6.07, 6.45) is 3.49. The monoisotopic (exact) mass is 384 g/mol. The normalized spacial score (nSPS) is 19.1. The highest BCUT2D eigenvalue weighted by molar-refractivity contribution is 6.01. The first-order valence-electron chi connectivity index (χ1n) is 9.43. The number of carbonyl (C=O) groups excluding carboxylic acids is 1. The van der Waals surface area contributed by atoms with Gasteiger partial charge < -0.3 is 5.73 Å². The van der Waals surface area contributed by atoms with Gasteiger partial charge in [-0.05, 0) is 31.9 Å². The maximum Gasteiger partial charge on any atom is 0.161 e. The number of nitrogens with two attached hydrogens (primary N) is 1. The Bertz CT molecular complexity index is 1170. The van der Waals surface area contributed by atoms with Gasteiger partial charge in [0.15, 0.2) is 5.78 Å². The van der Waals surface area contributed by atoms with Crippen molar-refractivity contribution in [2.45, 2.75) is 32.1 Å². The summed E-state index contributed by atoms with van der Waals surface area (Å²) < 4.78 is 1.73. The van der Waals surface area contributed by atoms with Crippen LogP contribution in [0, 0.1) is 29.6 Å². The third kappa shape index (κ3) is 2.71. The number of anilines is 1. The number of para-hydroxylation sites is 1. The van der Waals surface area contributed by atoms with Gasteiger partial charge in [-0.1, -0.05) is 12.1 Å². The summed E-state index contributed by atoms with van der Waals surface area (Å²) in [4.78, 5) is 14.8. The molecule has 2 aliphatic rings. The van der Waals surface area contributed by atoms with Crippen LogP contribution in [0.2, 0.25) is 0 Å². The SMILES string of the molecule is Cc1c([C@H]2C(C#N)=C(N)N(c3ccccc3C#N)C3=C2C(=O)CCC3)cnn1C. The zero-order valence-electron chi connectivity index (χ0n) is 16.3. The first-order valence-corrected chi connectivity index (χ1v) is 9.43. The number of benzene rings is 1. The molecule has 7 heteroatoms. The molecule has 7 nitrogen and oxygen atoms in total. The van der Waals surface area contributed by atoms with Crippen LogP contribution in [-0.2, 0) is 11.8 Å². The van der Waals surface area contributed by atoms with Crippen LogP contribution < -0.4 is 10.6 Å². The van der Waals surface area contributed by atoms with Crippen molar-refractivity contribution in [1.29, 1.82) is 10.5 Å². The van der Waals surface area contributed by atoms with Crippen molar-refractivity contribution in [3.8, 4) is 12.1 Å². The minimum atomic E-state index is -0.540. The van der Waals surface area contributed by atoms with Crippen LogP contribution in [0.5, 0.6) is 0 Å². The summed E-state index contributed by atoms with van der Waals surface area (Å²) in [6.45, 7) is 1.92. The molecule has 0 radical (unpaired) electrons.